The molecule has 0 saturated carbocycles. The first-order valence-electron chi connectivity index (χ1n) is 10.5. The average molecular weight is 428 g/mol. The summed E-state index contributed by atoms with van der Waals surface area (Å²) in [5.41, 5.74) is 12.6. The number of ketones is 1. The molecule has 3 N–H and O–H groups in total. The zero-order valence-corrected chi connectivity index (χ0v) is 18.3. The molecule has 1 aliphatic carbocycles. The van der Waals surface area contributed by atoms with Crippen molar-refractivity contribution in [2.45, 2.75) is 39.5 Å². The fraction of sp³-hybridized carbons (Fsp3) is 0.280. The molecule has 2 aliphatic rings. The van der Waals surface area contributed by atoms with Crippen LogP contribution in [0.2, 0.25) is 0 Å². The number of hydrogen-bond donors (Lipinski definition) is 2. The first-order chi connectivity index (χ1) is 15.2. The summed E-state index contributed by atoms with van der Waals surface area (Å²) in [7, 11) is 0. The molecule has 2 heterocycles. The van der Waals surface area contributed by atoms with Crippen molar-refractivity contribution in [2.24, 2.45) is 11.1 Å². The third-order valence-corrected chi connectivity index (χ3v) is 5.93. The molecule has 1 aliphatic heterocycles. The van der Waals surface area contributed by atoms with Gasteiger partial charge in [-0.1, -0.05) is 43.7 Å². The maximum absolute atomic E-state index is 13.4. The van der Waals surface area contributed by atoms with Crippen LogP contribution >= 0.6 is 0 Å². The molecular weight excluding hydrogens is 402 g/mol. The quantitative estimate of drug-likeness (QED) is 0.776. The molecule has 0 saturated heterocycles. The summed E-state index contributed by atoms with van der Waals surface area (Å²) in [4.78, 5) is 30.3. The Balaban J connectivity index is 1.86. The van der Waals surface area contributed by atoms with Crippen LogP contribution in [0.5, 0.6) is 0 Å². The van der Waals surface area contributed by atoms with Crippen LogP contribution in [-0.2, 0) is 4.79 Å². The van der Waals surface area contributed by atoms with E-state index in [-0.39, 0.29) is 22.6 Å². The highest BCUT2D eigenvalue weighted by atomic mass is 16.2. The summed E-state index contributed by atoms with van der Waals surface area (Å²) < 4.78 is 0. The first kappa shape index (κ1) is 21.3. The Hall–Kier alpha value is -3.92. The maximum atomic E-state index is 13.4. The third kappa shape index (κ3) is 3.76. The smallest absolute Gasteiger partial charge is 0.271 e. The molecule has 1 aromatic heterocycles. The Bertz CT molecular complexity index is 1190. The summed E-state index contributed by atoms with van der Waals surface area (Å²) in [5, 5.41) is 11.4. The van der Waals surface area contributed by atoms with Crippen LogP contribution in [0.3, 0.4) is 0 Å². The van der Waals surface area contributed by atoms with Gasteiger partial charge < -0.3 is 5.73 Å². The fourth-order valence-corrected chi connectivity index (χ4v) is 4.39. The van der Waals surface area contributed by atoms with Crippen molar-refractivity contribution in [1.82, 2.24) is 15.4 Å². The van der Waals surface area contributed by atoms with Gasteiger partial charge in [-0.25, -0.2) is 5.01 Å². The van der Waals surface area contributed by atoms with Crippen LogP contribution in [0.25, 0.3) is 0 Å². The van der Waals surface area contributed by atoms with E-state index in [4.69, 9.17) is 5.73 Å². The second kappa shape index (κ2) is 7.97. The number of hydrazine groups is 1. The number of amides is 1. The normalized spacial score (nSPS) is 20.0. The molecule has 1 aromatic carbocycles. The molecule has 7 nitrogen and oxygen atoms in total. The lowest BCUT2D eigenvalue weighted by Gasteiger charge is -2.43. The monoisotopic (exact) mass is 427 g/mol. The Morgan fingerprint density at radius 2 is 1.97 bits per heavy atom. The van der Waals surface area contributed by atoms with Crippen LogP contribution in [0, 0.1) is 23.7 Å². The third-order valence-electron chi connectivity index (χ3n) is 5.93. The molecular formula is C25H25N5O2. The van der Waals surface area contributed by atoms with E-state index in [0.717, 1.165) is 11.1 Å². The van der Waals surface area contributed by atoms with E-state index in [2.05, 4.69) is 16.5 Å². The van der Waals surface area contributed by atoms with Gasteiger partial charge in [-0.2, -0.15) is 5.26 Å². The van der Waals surface area contributed by atoms with E-state index < -0.39 is 11.8 Å². The lowest BCUT2D eigenvalue weighted by atomic mass is 9.69. The Labute approximate surface area is 187 Å². The molecule has 1 unspecified atom stereocenters. The molecule has 0 fully saturated rings. The Morgan fingerprint density at radius 1 is 1.25 bits per heavy atom. The second-order valence-electron chi connectivity index (χ2n) is 9.07. The van der Waals surface area contributed by atoms with E-state index in [1.54, 1.807) is 18.3 Å². The number of aromatic nitrogens is 1. The Morgan fingerprint density at radius 3 is 2.59 bits per heavy atom. The highest BCUT2D eigenvalue weighted by Gasteiger charge is 2.44. The minimum Gasteiger partial charge on any atom is -0.383 e. The van der Waals surface area contributed by atoms with Gasteiger partial charge in [0.25, 0.3) is 5.91 Å². The largest absolute Gasteiger partial charge is 0.383 e. The standard InChI is InChI=1S/C25H25N5O2/c1-15-6-8-16(9-7-15)21-18(13-26)23(27)30(29-24(32)17-5-4-10-28-14-17)19-11-25(2,3)12-20(31)22(19)21/h4-10,14,21H,11-12,27H2,1-3H3,(H,29,32). The fourth-order valence-electron chi connectivity index (χ4n) is 4.39. The number of nitriles is 1. The zero-order chi connectivity index (χ0) is 23.0. The van der Waals surface area contributed by atoms with Gasteiger partial charge >= 0.3 is 0 Å². The highest BCUT2D eigenvalue weighted by molar-refractivity contribution is 6.00. The number of benzene rings is 1. The topological polar surface area (TPSA) is 112 Å². The number of rotatable bonds is 3. The molecule has 0 radical (unpaired) electrons. The number of hydrogen-bond acceptors (Lipinski definition) is 6. The number of pyridine rings is 1. The van der Waals surface area contributed by atoms with E-state index in [1.165, 1.54) is 11.2 Å². The van der Waals surface area contributed by atoms with E-state index in [1.807, 2.05) is 45.0 Å². The van der Waals surface area contributed by atoms with Gasteiger partial charge in [-0.05, 0) is 36.5 Å². The predicted octanol–water partition coefficient (Wildman–Crippen LogP) is 3.47. The van der Waals surface area contributed by atoms with Crippen molar-refractivity contribution in [3.05, 3.63) is 88.1 Å². The SMILES string of the molecule is Cc1ccc(C2C(C#N)=C(N)N(NC(=O)c3cccnc3)C3=C2C(=O)CC(C)(C)C3)cc1. The number of nitrogens with two attached hydrogens (primary N) is 1. The van der Waals surface area contributed by atoms with Crippen LogP contribution in [-0.4, -0.2) is 21.7 Å². The van der Waals surface area contributed by atoms with Gasteiger partial charge in [0.15, 0.2) is 5.78 Å². The molecule has 0 bridgehead atoms. The maximum Gasteiger partial charge on any atom is 0.271 e. The van der Waals surface area contributed by atoms with Crippen molar-refractivity contribution in [1.29, 1.82) is 5.26 Å². The van der Waals surface area contributed by atoms with Gasteiger partial charge in [-0.3, -0.25) is 20.0 Å². The number of nitrogens with one attached hydrogen (secondary N) is 1. The molecule has 32 heavy (non-hydrogen) atoms. The molecule has 162 valence electrons. The average Bonchev–Trinajstić information content (AvgIpc) is 2.76. The van der Waals surface area contributed by atoms with Crippen LogP contribution in [0.15, 0.2) is 71.5 Å². The van der Waals surface area contributed by atoms with Crippen LogP contribution in [0.4, 0.5) is 0 Å². The number of carbonyl (C=O) groups excluding carboxylic acids is 2. The number of carbonyl (C=O) groups is 2. The predicted molar refractivity (Wildman–Crippen MR) is 119 cm³/mol. The number of aryl methyl sites for hydroxylation is 1. The van der Waals surface area contributed by atoms with E-state index >= 15 is 0 Å². The summed E-state index contributed by atoms with van der Waals surface area (Å²) >= 11 is 0. The highest BCUT2D eigenvalue weighted by Crippen LogP contribution is 2.48. The van der Waals surface area contributed by atoms with Gasteiger partial charge in [-0.15, -0.1) is 0 Å². The van der Waals surface area contributed by atoms with Crippen molar-refractivity contribution < 1.29 is 9.59 Å². The van der Waals surface area contributed by atoms with Crippen molar-refractivity contribution >= 4 is 11.7 Å². The lowest BCUT2D eigenvalue weighted by molar-refractivity contribution is -0.118. The van der Waals surface area contributed by atoms with E-state index in [0.29, 0.717) is 29.7 Å². The summed E-state index contributed by atoms with van der Waals surface area (Å²) in [6.45, 7) is 6.00. The van der Waals surface area contributed by atoms with Crippen molar-refractivity contribution in [3.63, 3.8) is 0 Å². The minimum absolute atomic E-state index is 0.0392. The summed E-state index contributed by atoms with van der Waals surface area (Å²) in [5.74, 6) is -0.900. The van der Waals surface area contributed by atoms with Crippen LogP contribution < -0.4 is 11.2 Å². The summed E-state index contributed by atoms with van der Waals surface area (Å²) in [6.07, 6.45) is 3.92. The molecule has 4 rings (SSSR count). The molecule has 7 heteroatoms. The molecule has 1 amide bonds. The van der Waals surface area contributed by atoms with Crippen molar-refractivity contribution in [2.75, 3.05) is 0 Å². The second-order valence-corrected chi connectivity index (χ2v) is 9.07. The minimum atomic E-state index is -0.564. The summed E-state index contributed by atoms with van der Waals surface area (Å²) in [6, 6.07) is 13.2. The lowest BCUT2D eigenvalue weighted by Crippen LogP contribution is -2.49. The van der Waals surface area contributed by atoms with Gasteiger partial charge in [0, 0.05) is 24.4 Å². The molecule has 1 atom stereocenters. The van der Waals surface area contributed by atoms with Crippen LogP contribution in [0.1, 0.15) is 54.1 Å². The molecule has 0 spiro atoms. The Kier molecular flexibility index (Phi) is 5.31. The van der Waals surface area contributed by atoms with Gasteiger partial charge in [0.05, 0.1) is 28.8 Å². The zero-order valence-electron chi connectivity index (χ0n) is 18.3. The number of Topliss-reactive ketones (excluding diaryl/α,β-unsaturated/α-hetero) is 1. The number of allylic oxidation sites excluding steroid dienone is 3. The van der Waals surface area contributed by atoms with E-state index in [9.17, 15) is 14.9 Å². The van der Waals surface area contributed by atoms with Gasteiger partial charge in [0.2, 0.25) is 0 Å². The first-order valence-corrected chi connectivity index (χ1v) is 10.5. The van der Waals surface area contributed by atoms with Gasteiger partial charge in [0.1, 0.15) is 5.82 Å². The molecule has 2 aromatic rings. The van der Waals surface area contributed by atoms with Crippen molar-refractivity contribution in [3.8, 4) is 6.07 Å². The number of nitrogens with zero attached hydrogens (tertiary/aromatic N) is 3.